The van der Waals surface area contributed by atoms with Crippen LogP contribution in [-0.2, 0) is 0 Å². The zero-order valence-corrected chi connectivity index (χ0v) is 11.0. The molecular formula is C13H13N2OP. The van der Waals surface area contributed by atoms with E-state index < -0.39 is 8.15 Å². The van der Waals surface area contributed by atoms with Gasteiger partial charge in [0.1, 0.15) is 11.3 Å². The molecule has 1 aromatic heterocycles. The molecule has 1 heterocycles. The summed E-state index contributed by atoms with van der Waals surface area (Å²) < 4.78 is 5.77. The first-order chi connectivity index (χ1) is 8.11. The Balaban J connectivity index is 2.71. The van der Waals surface area contributed by atoms with Gasteiger partial charge in [0.05, 0.1) is 19.8 Å². The molecular weight excluding hydrogens is 231 g/mol. The molecule has 86 valence electrons. The van der Waals surface area contributed by atoms with E-state index in [0.29, 0.717) is 5.56 Å². The molecule has 0 radical (unpaired) electrons. The Hall–Kier alpha value is -1.65. The Morgan fingerprint density at radius 2 is 2.00 bits per heavy atom. The van der Waals surface area contributed by atoms with Crippen LogP contribution in [0.3, 0.4) is 0 Å². The van der Waals surface area contributed by atoms with Gasteiger partial charge in [0.15, 0.2) is 0 Å². The molecule has 17 heavy (non-hydrogen) atoms. The van der Waals surface area contributed by atoms with Gasteiger partial charge in [-0.05, 0) is 44.5 Å². The molecule has 0 saturated heterocycles. The summed E-state index contributed by atoms with van der Waals surface area (Å²) in [5, 5.41) is 9.92. The summed E-state index contributed by atoms with van der Waals surface area (Å²) in [6.07, 6.45) is 0. The van der Waals surface area contributed by atoms with Crippen LogP contribution in [0.1, 0.15) is 11.3 Å². The average Bonchev–Trinajstić information content (AvgIpc) is 2.29. The van der Waals surface area contributed by atoms with E-state index in [4.69, 9.17) is 9.79 Å². The first kappa shape index (κ1) is 11.8. The molecule has 0 N–H and O–H groups in total. The maximum atomic E-state index is 9.06. The third kappa shape index (κ3) is 2.38. The fourth-order valence-corrected chi connectivity index (χ4v) is 2.20. The van der Waals surface area contributed by atoms with Gasteiger partial charge in [-0.15, -0.1) is 0 Å². The molecule has 2 aromatic rings. The highest BCUT2D eigenvalue weighted by molar-refractivity contribution is 7.51. The van der Waals surface area contributed by atoms with Gasteiger partial charge in [0.25, 0.3) is 0 Å². The van der Waals surface area contributed by atoms with Crippen LogP contribution < -0.4 is 4.52 Å². The molecule has 0 aliphatic rings. The second kappa shape index (κ2) is 4.69. The minimum atomic E-state index is -0.496. The van der Waals surface area contributed by atoms with Crippen LogP contribution in [0.5, 0.6) is 5.75 Å². The predicted octanol–water partition coefficient (Wildman–Crippen LogP) is 3.45. The Labute approximate surface area is 102 Å². The fourth-order valence-electron chi connectivity index (χ4n) is 1.66. The Bertz CT molecular complexity index is 602. The Kier molecular flexibility index (Phi) is 3.26. The SMILES string of the molecule is Cc1ccc2c(C#N)ccc(OP(C)C)c2n1. The van der Waals surface area contributed by atoms with E-state index in [9.17, 15) is 0 Å². The van der Waals surface area contributed by atoms with Crippen molar-refractivity contribution in [3.05, 3.63) is 35.5 Å². The molecule has 4 heteroatoms. The van der Waals surface area contributed by atoms with Gasteiger partial charge in [0, 0.05) is 11.1 Å². The van der Waals surface area contributed by atoms with Gasteiger partial charge in [0.2, 0.25) is 0 Å². The number of aryl methyl sites for hydroxylation is 1. The molecule has 0 aliphatic carbocycles. The summed E-state index contributed by atoms with van der Waals surface area (Å²) in [6, 6.07) is 9.63. The van der Waals surface area contributed by atoms with E-state index >= 15 is 0 Å². The second-order valence-electron chi connectivity index (χ2n) is 3.98. The molecule has 0 fully saturated rings. The zero-order valence-electron chi connectivity index (χ0n) is 10.1. The summed E-state index contributed by atoms with van der Waals surface area (Å²) >= 11 is 0. The standard InChI is InChI=1S/C13H13N2OP/c1-9-4-6-11-10(8-14)5-7-12(13(11)15-9)16-17(2)3/h4-7H,1-3H3. The molecule has 0 atom stereocenters. The van der Waals surface area contributed by atoms with E-state index in [2.05, 4.69) is 11.1 Å². The summed E-state index contributed by atoms with van der Waals surface area (Å²) in [6.45, 7) is 6.01. The summed E-state index contributed by atoms with van der Waals surface area (Å²) in [7, 11) is -0.496. The number of rotatable bonds is 2. The van der Waals surface area contributed by atoms with E-state index in [0.717, 1.165) is 22.3 Å². The van der Waals surface area contributed by atoms with Crippen molar-refractivity contribution in [1.29, 1.82) is 5.26 Å². The predicted molar refractivity (Wildman–Crippen MR) is 70.6 cm³/mol. The maximum absolute atomic E-state index is 9.06. The molecule has 0 saturated carbocycles. The van der Waals surface area contributed by atoms with Crippen molar-refractivity contribution < 1.29 is 4.52 Å². The monoisotopic (exact) mass is 244 g/mol. The van der Waals surface area contributed by atoms with Crippen LogP contribution >= 0.6 is 8.15 Å². The summed E-state index contributed by atoms with van der Waals surface area (Å²) in [4.78, 5) is 4.47. The number of hydrogen-bond donors (Lipinski definition) is 0. The van der Waals surface area contributed by atoms with Crippen LogP contribution in [0, 0.1) is 18.3 Å². The largest absolute Gasteiger partial charge is 0.472 e. The second-order valence-corrected chi connectivity index (χ2v) is 5.78. The van der Waals surface area contributed by atoms with E-state index in [-0.39, 0.29) is 0 Å². The van der Waals surface area contributed by atoms with Crippen LogP contribution in [0.25, 0.3) is 10.9 Å². The minimum absolute atomic E-state index is 0.496. The maximum Gasteiger partial charge on any atom is 0.149 e. The molecule has 0 spiro atoms. The van der Waals surface area contributed by atoms with E-state index in [1.165, 1.54) is 0 Å². The summed E-state index contributed by atoms with van der Waals surface area (Å²) in [5.74, 6) is 0.763. The van der Waals surface area contributed by atoms with Gasteiger partial charge in [-0.25, -0.2) is 4.98 Å². The third-order valence-electron chi connectivity index (χ3n) is 2.36. The van der Waals surface area contributed by atoms with Crippen molar-refractivity contribution in [2.75, 3.05) is 13.3 Å². The Morgan fingerprint density at radius 3 is 2.65 bits per heavy atom. The minimum Gasteiger partial charge on any atom is -0.472 e. The number of nitrogens with zero attached hydrogens (tertiary/aromatic N) is 2. The van der Waals surface area contributed by atoms with Crippen LogP contribution in [0.15, 0.2) is 24.3 Å². The van der Waals surface area contributed by atoms with Gasteiger partial charge in [-0.2, -0.15) is 5.26 Å². The summed E-state index contributed by atoms with van der Waals surface area (Å²) in [5.41, 5.74) is 2.34. The fraction of sp³-hybridized carbons (Fsp3) is 0.231. The first-order valence-corrected chi connectivity index (χ1v) is 7.43. The molecule has 3 nitrogen and oxygen atoms in total. The number of hydrogen-bond acceptors (Lipinski definition) is 3. The number of fused-ring (bicyclic) bond motifs is 1. The van der Waals surface area contributed by atoms with Crippen molar-refractivity contribution in [2.45, 2.75) is 6.92 Å². The lowest BCUT2D eigenvalue weighted by Crippen LogP contribution is -1.92. The van der Waals surface area contributed by atoms with Crippen molar-refractivity contribution >= 4 is 19.1 Å². The van der Waals surface area contributed by atoms with Crippen molar-refractivity contribution in [3.8, 4) is 11.8 Å². The van der Waals surface area contributed by atoms with E-state index in [1.54, 1.807) is 6.07 Å². The highest BCUT2D eigenvalue weighted by atomic mass is 31.1. The zero-order chi connectivity index (χ0) is 12.4. The molecule has 2 rings (SSSR count). The van der Waals surface area contributed by atoms with Gasteiger partial charge >= 0.3 is 0 Å². The van der Waals surface area contributed by atoms with Gasteiger partial charge in [-0.1, -0.05) is 0 Å². The number of aromatic nitrogens is 1. The normalized spacial score (nSPS) is 10.5. The quantitative estimate of drug-likeness (QED) is 0.760. The highest BCUT2D eigenvalue weighted by Crippen LogP contribution is 2.35. The van der Waals surface area contributed by atoms with Crippen molar-refractivity contribution in [2.24, 2.45) is 0 Å². The third-order valence-corrected chi connectivity index (χ3v) is 2.92. The van der Waals surface area contributed by atoms with Crippen molar-refractivity contribution in [3.63, 3.8) is 0 Å². The lowest BCUT2D eigenvalue weighted by atomic mass is 10.1. The van der Waals surface area contributed by atoms with Crippen LogP contribution in [0.4, 0.5) is 0 Å². The van der Waals surface area contributed by atoms with Crippen molar-refractivity contribution in [1.82, 2.24) is 4.98 Å². The number of pyridine rings is 1. The Morgan fingerprint density at radius 1 is 1.24 bits per heavy atom. The van der Waals surface area contributed by atoms with Crippen LogP contribution in [0.2, 0.25) is 0 Å². The van der Waals surface area contributed by atoms with Crippen LogP contribution in [-0.4, -0.2) is 18.3 Å². The molecule has 0 aliphatic heterocycles. The topological polar surface area (TPSA) is 45.9 Å². The first-order valence-electron chi connectivity index (χ1n) is 5.27. The molecule has 0 amide bonds. The molecule has 1 aromatic carbocycles. The smallest absolute Gasteiger partial charge is 0.149 e. The molecule has 0 unspecified atom stereocenters. The average molecular weight is 244 g/mol. The number of benzene rings is 1. The molecule has 0 bridgehead atoms. The lowest BCUT2D eigenvalue weighted by molar-refractivity contribution is 0.629. The van der Waals surface area contributed by atoms with Gasteiger partial charge < -0.3 is 4.52 Å². The van der Waals surface area contributed by atoms with Gasteiger partial charge in [-0.3, -0.25) is 0 Å². The lowest BCUT2D eigenvalue weighted by Gasteiger charge is -2.12. The number of nitriles is 1. The van der Waals surface area contributed by atoms with E-state index in [1.807, 2.05) is 38.5 Å². The highest BCUT2D eigenvalue weighted by Gasteiger charge is 2.09.